The van der Waals surface area contributed by atoms with Gasteiger partial charge in [0.15, 0.2) is 17.2 Å². The van der Waals surface area contributed by atoms with Crippen LogP contribution in [0.1, 0.15) is 22.5 Å². The van der Waals surface area contributed by atoms with Crippen molar-refractivity contribution in [1.29, 1.82) is 0 Å². The number of benzene rings is 1. The van der Waals surface area contributed by atoms with Crippen LogP contribution in [0.25, 0.3) is 17.2 Å². The molecule has 1 saturated heterocycles. The van der Waals surface area contributed by atoms with E-state index in [1.165, 1.54) is 10.7 Å². The fourth-order valence-electron chi connectivity index (χ4n) is 3.18. The van der Waals surface area contributed by atoms with E-state index in [9.17, 15) is 9.90 Å². The van der Waals surface area contributed by atoms with Crippen molar-refractivity contribution in [3.63, 3.8) is 0 Å². The summed E-state index contributed by atoms with van der Waals surface area (Å²) < 4.78 is 1.53. The Bertz CT molecular complexity index is 1190. The zero-order valence-electron chi connectivity index (χ0n) is 16.4. The molecular weight excluding hydrogens is 380 g/mol. The van der Waals surface area contributed by atoms with Crippen molar-refractivity contribution < 1.29 is 9.90 Å². The van der Waals surface area contributed by atoms with Gasteiger partial charge in [-0.25, -0.2) is 14.6 Å². The van der Waals surface area contributed by atoms with Gasteiger partial charge in [0.2, 0.25) is 0 Å². The number of primary amides is 1. The van der Waals surface area contributed by atoms with Crippen molar-refractivity contribution in [1.82, 2.24) is 24.6 Å². The van der Waals surface area contributed by atoms with Gasteiger partial charge in [-0.05, 0) is 18.2 Å². The highest BCUT2D eigenvalue weighted by molar-refractivity contribution is 5.91. The minimum absolute atomic E-state index is 0.0848. The van der Waals surface area contributed by atoms with Gasteiger partial charge in [0.25, 0.3) is 5.91 Å². The Hall–Kier alpha value is -3.96. The number of aromatic nitrogens is 4. The van der Waals surface area contributed by atoms with Crippen LogP contribution in [-0.2, 0) is 0 Å². The van der Waals surface area contributed by atoms with Crippen molar-refractivity contribution >= 4 is 5.91 Å². The molecule has 8 nitrogen and oxygen atoms in total. The first-order valence-electron chi connectivity index (χ1n) is 9.31. The zero-order chi connectivity index (χ0) is 21.3. The van der Waals surface area contributed by atoms with Gasteiger partial charge in [0.1, 0.15) is 5.69 Å². The first-order chi connectivity index (χ1) is 14.4. The molecule has 1 amide bonds. The van der Waals surface area contributed by atoms with Crippen LogP contribution in [0.4, 0.5) is 0 Å². The molecule has 1 aliphatic rings. The van der Waals surface area contributed by atoms with Crippen LogP contribution in [0.3, 0.4) is 0 Å². The Balaban J connectivity index is 1.72. The number of nitrogens with zero attached hydrogens (tertiary/aromatic N) is 5. The maximum atomic E-state index is 11.8. The molecule has 1 atom stereocenters. The second kappa shape index (κ2) is 7.46. The van der Waals surface area contributed by atoms with E-state index in [0.29, 0.717) is 41.4 Å². The number of carbonyl (C=O) groups is 1. The summed E-state index contributed by atoms with van der Waals surface area (Å²) in [6.45, 7) is 4.63. The average molecular weight is 400 g/mol. The minimum atomic E-state index is -1.24. The van der Waals surface area contributed by atoms with E-state index in [1.54, 1.807) is 24.5 Å². The van der Waals surface area contributed by atoms with Gasteiger partial charge in [0.05, 0.1) is 5.70 Å². The number of hydrogen-bond donors (Lipinski definition) is 2. The van der Waals surface area contributed by atoms with E-state index in [-0.39, 0.29) is 5.69 Å². The SMILES string of the molecule is C=C1N(C)CC[C@@]1(O)C#Cc1cccc(-c2nc(C(N)=O)cc(-n3cccn3)n2)c1. The summed E-state index contributed by atoms with van der Waals surface area (Å²) in [6, 6.07) is 10.5. The van der Waals surface area contributed by atoms with Crippen LogP contribution < -0.4 is 5.73 Å². The van der Waals surface area contributed by atoms with Crippen molar-refractivity contribution in [2.24, 2.45) is 5.73 Å². The first-order valence-corrected chi connectivity index (χ1v) is 9.31. The van der Waals surface area contributed by atoms with E-state index in [4.69, 9.17) is 5.73 Å². The summed E-state index contributed by atoms with van der Waals surface area (Å²) >= 11 is 0. The van der Waals surface area contributed by atoms with Gasteiger partial charge in [-0.3, -0.25) is 4.79 Å². The van der Waals surface area contributed by atoms with Crippen LogP contribution in [0.5, 0.6) is 0 Å². The molecular formula is C22H20N6O2. The molecule has 1 aromatic carbocycles. The summed E-state index contributed by atoms with van der Waals surface area (Å²) in [5, 5.41) is 14.9. The molecule has 1 aliphatic heterocycles. The normalized spacial score (nSPS) is 18.2. The van der Waals surface area contributed by atoms with Crippen LogP contribution in [0.15, 0.2) is 61.1 Å². The highest BCUT2D eigenvalue weighted by Crippen LogP contribution is 2.29. The number of amides is 1. The Morgan fingerprint density at radius 1 is 1.30 bits per heavy atom. The van der Waals surface area contributed by atoms with Gasteiger partial charge in [-0.1, -0.05) is 30.6 Å². The number of aliphatic hydroxyl groups is 1. The standard InChI is InChI=1S/C22H20N6O2/c1-15-22(30,9-12-27(15)2)8-7-16-5-3-6-17(13-16)21-25-18(20(23)29)14-19(26-21)28-11-4-10-24-28/h3-6,10-11,13-14,30H,1,9,12H2,2H3,(H2,23,29)/t22-/m0/s1. The van der Waals surface area contributed by atoms with Crippen LogP contribution in [0.2, 0.25) is 0 Å². The van der Waals surface area contributed by atoms with Crippen LogP contribution >= 0.6 is 0 Å². The fraction of sp³-hybridized carbons (Fsp3) is 0.182. The monoisotopic (exact) mass is 400 g/mol. The van der Waals surface area contributed by atoms with Crippen LogP contribution in [0, 0.1) is 11.8 Å². The van der Waals surface area contributed by atoms with E-state index < -0.39 is 11.5 Å². The van der Waals surface area contributed by atoms with Gasteiger partial charge in [-0.15, -0.1) is 0 Å². The molecule has 3 aromatic rings. The molecule has 3 N–H and O–H groups in total. The maximum absolute atomic E-state index is 11.8. The lowest BCUT2D eigenvalue weighted by Crippen LogP contribution is -2.26. The van der Waals surface area contributed by atoms with Crippen LogP contribution in [-0.4, -0.2) is 54.9 Å². The predicted octanol–water partition coefficient (Wildman–Crippen LogP) is 1.36. The first kappa shape index (κ1) is 19.4. The van der Waals surface area contributed by atoms with Gasteiger partial charge in [-0.2, -0.15) is 5.10 Å². The summed E-state index contributed by atoms with van der Waals surface area (Å²) in [4.78, 5) is 22.4. The largest absolute Gasteiger partial charge is 0.375 e. The van der Waals surface area contributed by atoms with E-state index in [0.717, 1.165) is 0 Å². The molecule has 0 spiro atoms. The van der Waals surface area contributed by atoms with Crippen molar-refractivity contribution in [3.05, 3.63) is 72.3 Å². The van der Waals surface area contributed by atoms with E-state index >= 15 is 0 Å². The zero-order valence-corrected chi connectivity index (χ0v) is 16.4. The summed E-state index contributed by atoms with van der Waals surface area (Å²) in [5.41, 5.74) is 6.23. The van der Waals surface area contributed by atoms with E-state index in [1.807, 2.05) is 30.1 Å². The molecule has 3 heterocycles. The number of nitrogens with two attached hydrogens (primary N) is 1. The quantitative estimate of drug-likeness (QED) is 0.643. The second-order valence-corrected chi connectivity index (χ2v) is 7.06. The lowest BCUT2D eigenvalue weighted by Gasteiger charge is -2.19. The number of likely N-dealkylation sites (N-methyl/N-ethyl adjacent to an activating group) is 1. The second-order valence-electron chi connectivity index (χ2n) is 7.06. The highest BCUT2D eigenvalue weighted by Gasteiger charge is 2.36. The van der Waals surface area contributed by atoms with Crippen molar-refractivity contribution in [2.45, 2.75) is 12.0 Å². The smallest absolute Gasteiger partial charge is 0.267 e. The number of likely N-dealkylation sites (tertiary alicyclic amines) is 1. The third-order valence-electron chi connectivity index (χ3n) is 4.99. The summed E-state index contributed by atoms with van der Waals surface area (Å²) in [7, 11) is 1.88. The Labute approximate surface area is 173 Å². The molecule has 0 radical (unpaired) electrons. The predicted molar refractivity (Wildman–Crippen MR) is 111 cm³/mol. The van der Waals surface area contributed by atoms with Gasteiger partial charge in [0, 0.05) is 49.6 Å². The molecule has 150 valence electrons. The third-order valence-corrected chi connectivity index (χ3v) is 4.99. The molecule has 2 aromatic heterocycles. The Kier molecular flexibility index (Phi) is 4.82. The van der Waals surface area contributed by atoms with E-state index in [2.05, 4.69) is 33.5 Å². The highest BCUT2D eigenvalue weighted by atomic mass is 16.3. The third kappa shape index (κ3) is 3.66. The molecule has 4 rings (SSSR count). The number of carbonyl (C=O) groups excluding carboxylic acids is 1. The molecule has 8 heteroatoms. The molecule has 0 bridgehead atoms. The molecule has 1 fully saturated rings. The molecule has 0 aliphatic carbocycles. The van der Waals surface area contributed by atoms with Crippen molar-refractivity contribution in [2.75, 3.05) is 13.6 Å². The van der Waals surface area contributed by atoms with Gasteiger partial charge >= 0.3 is 0 Å². The fourth-order valence-corrected chi connectivity index (χ4v) is 3.18. The average Bonchev–Trinajstić information content (AvgIpc) is 3.38. The number of hydrogen-bond acceptors (Lipinski definition) is 6. The minimum Gasteiger partial charge on any atom is -0.375 e. The van der Waals surface area contributed by atoms with Crippen molar-refractivity contribution in [3.8, 4) is 29.0 Å². The maximum Gasteiger partial charge on any atom is 0.267 e. The van der Waals surface area contributed by atoms with Gasteiger partial charge < -0.3 is 15.7 Å². The molecule has 0 saturated carbocycles. The molecule has 0 unspecified atom stereocenters. The molecule has 30 heavy (non-hydrogen) atoms. The lowest BCUT2D eigenvalue weighted by atomic mass is 10.00. The number of rotatable bonds is 3. The Morgan fingerprint density at radius 3 is 2.80 bits per heavy atom. The Morgan fingerprint density at radius 2 is 2.13 bits per heavy atom. The summed E-state index contributed by atoms with van der Waals surface area (Å²) in [6.07, 6.45) is 3.83. The lowest BCUT2D eigenvalue weighted by molar-refractivity contribution is 0.0995. The summed E-state index contributed by atoms with van der Waals surface area (Å²) in [5.74, 6) is 6.04. The topological polar surface area (TPSA) is 110 Å².